The quantitative estimate of drug-likeness (QED) is 0.905. The molecule has 3 N–H and O–H groups in total. The molecule has 1 heterocycles. The highest BCUT2D eigenvalue weighted by Crippen LogP contribution is 2.44. The van der Waals surface area contributed by atoms with Gasteiger partial charge in [-0.05, 0) is 37.1 Å². The van der Waals surface area contributed by atoms with Gasteiger partial charge in [0.15, 0.2) is 0 Å². The third-order valence-electron chi connectivity index (χ3n) is 3.05. The number of benzene rings is 1. The lowest BCUT2D eigenvalue weighted by atomic mass is 10.2. The Morgan fingerprint density at radius 3 is 2.63 bits per heavy atom. The molecule has 0 atom stereocenters. The van der Waals surface area contributed by atoms with Gasteiger partial charge >= 0.3 is 6.03 Å². The predicted octanol–water partition coefficient (Wildman–Crippen LogP) is 2.16. The topological polar surface area (TPSA) is 94.0 Å². The van der Waals surface area contributed by atoms with Crippen molar-refractivity contribution in [3.05, 3.63) is 34.6 Å². The molecular weight excluding hydrogens is 312 g/mol. The van der Waals surface area contributed by atoms with Gasteiger partial charge < -0.3 is 15.6 Å². The molecule has 2 aromatic rings. The van der Waals surface area contributed by atoms with Gasteiger partial charge in [-0.2, -0.15) is 4.98 Å². The minimum Gasteiger partial charge on any atom is -0.352 e. The van der Waals surface area contributed by atoms with Crippen LogP contribution >= 0.6 is 15.9 Å². The number of carbonyl (C=O) groups is 1. The summed E-state index contributed by atoms with van der Waals surface area (Å²) >= 11 is 3.37. The highest BCUT2D eigenvalue weighted by Gasteiger charge is 2.50. The van der Waals surface area contributed by atoms with E-state index < -0.39 is 11.6 Å². The van der Waals surface area contributed by atoms with E-state index in [9.17, 15) is 4.79 Å². The molecule has 98 valence electrons. The number of rotatable bonds is 3. The molecule has 0 saturated heterocycles. The van der Waals surface area contributed by atoms with Crippen molar-refractivity contribution in [2.24, 2.45) is 5.73 Å². The minimum atomic E-state index is -0.583. The zero-order chi connectivity index (χ0) is 13.5. The van der Waals surface area contributed by atoms with E-state index in [-0.39, 0.29) is 0 Å². The van der Waals surface area contributed by atoms with Crippen LogP contribution in [0.3, 0.4) is 0 Å². The van der Waals surface area contributed by atoms with Crippen LogP contribution in [-0.2, 0) is 5.54 Å². The summed E-state index contributed by atoms with van der Waals surface area (Å²) in [7, 11) is 0. The number of primary amides is 1. The molecule has 0 unspecified atom stereocenters. The van der Waals surface area contributed by atoms with Crippen molar-refractivity contribution in [2.45, 2.75) is 18.4 Å². The van der Waals surface area contributed by atoms with Crippen LogP contribution in [0.25, 0.3) is 11.4 Å². The number of nitrogens with one attached hydrogen (secondary N) is 1. The summed E-state index contributed by atoms with van der Waals surface area (Å²) in [5.41, 5.74) is 5.44. The van der Waals surface area contributed by atoms with E-state index in [2.05, 4.69) is 31.4 Å². The second-order valence-electron chi connectivity index (χ2n) is 4.50. The number of urea groups is 1. The molecule has 1 aromatic carbocycles. The van der Waals surface area contributed by atoms with E-state index in [1.807, 2.05) is 24.3 Å². The van der Waals surface area contributed by atoms with Gasteiger partial charge in [0.05, 0.1) is 0 Å². The summed E-state index contributed by atoms with van der Waals surface area (Å²) < 4.78 is 6.21. The van der Waals surface area contributed by atoms with E-state index >= 15 is 0 Å². The summed E-state index contributed by atoms with van der Waals surface area (Å²) in [6.07, 6.45) is 1.52. The summed E-state index contributed by atoms with van der Waals surface area (Å²) in [4.78, 5) is 15.3. The molecule has 3 rings (SSSR count). The Balaban J connectivity index is 1.87. The largest absolute Gasteiger partial charge is 0.352 e. The van der Waals surface area contributed by atoms with E-state index in [1.165, 1.54) is 0 Å². The highest BCUT2D eigenvalue weighted by atomic mass is 79.9. The molecule has 0 bridgehead atoms. The van der Waals surface area contributed by atoms with Gasteiger partial charge in [0.1, 0.15) is 5.54 Å². The predicted molar refractivity (Wildman–Crippen MR) is 71.1 cm³/mol. The van der Waals surface area contributed by atoms with Gasteiger partial charge in [0, 0.05) is 10.0 Å². The lowest BCUT2D eigenvalue weighted by Crippen LogP contribution is -2.38. The summed E-state index contributed by atoms with van der Waals surface area (Å²) in [6.45, 7) is 0. The van der Waals surface area contributed by atoms with Crippen LogP contribution in [0.5, 0.6) is 0 Å². The normalized spacial score (nSPS) is 16.1. The zero-order valence-electron chi connectivity index (χ0n) is 9.89. The fourth-order valence-corrected chi connectivity index (χ4v) is 2.15. The van der Waals surface area contributed by atoms with Gasteiger partial charge in [0.25, 0.3) is 5.89 Å². The van der Waals surface area contributed by atoms with Crippen molar-refractivity contribution >= 4 is 22.0 Å². The number of amides is 2. The smallest absolute Gasteiger partial charge is 0.313 e. The average molecular weight is 323 g/mol. The van der Waals surface area contributed by atoms with Gasteiger partial charge in [-0.25, -0.2) is 4.79 Å². The first kappa shape index (κ1) is 12.2. The molecule has 1 fully saturated rings. The SMILES string of the molecule is NC(=O)NC1(c2nc(-c3ccc(Br)cc3)no2)CC1. The second kappa shape index (κ2) is 4.34. The number of nitrogens with zero attached hydrogens (tertiary/aromatic N) is 2. The third kappa shape index (κ3) is 2.33. The van der Waals surface area contributed by atoms with E-state index in [1.54, 1.807) is 0 Å². The molecule has 1 saturated carbocycles. The maximum Gasteiger partial charge on any atom is 0.313 e. The summed E-state index contributed by atoms with van der Waals surface area (Å²) in [6, 6.07) is 7.00. The van der Waals surface area contributed by atoms with Crippen molar-refractivity contribution in [2.75, 3.05) is 0 Å². The Hall–Kier alpha value is -1.89. The van der Waals surface area contributed by atoms with Crippen LogP contribution in [0.2, 0.25) is 0 Å². The Bertz CT molecular complexity index is 619. The van der Waals surface area contributed by atoms with Crippen molar-refractivity contribution in [1.82, 2.24) is 15.5 Å². The lowest BCUT2D eigenvalue weighted by Gasteiger charge is -2.09. The Kier molecular flexibility index (Phi) is 2.78. The van der Waals surface area contributed by atoms with Crippen molar-refractivity contribution in [3.63, 3.8) is 0 Å². The number of nitrogens with two attached hydrogens (primary N) is 1. The molecule has 1 aromatic heterocycles. The fourth-order valence-electron chi connectivity index (χ4n) is 1.89. The van der Waals surface area contributed by atoms with E-state index in [0.717, 1.165) is 22.9 Å². The number of aromatic nitrogens is 2. The van der Waals surface area contributed by atoms with Crippen molar-refractivity contribution in [1.29, 1.82) is 0 Å². The number of hydrogen-bond donors (Lipinski definition) is 2. The average Bonchev–Trinajstić information content (AvgIpc) is 2.97. The van der Waals surface area contributed by atoms with Crippen LogP contribution < -0.4 is 11.1 Å². The first-order chi connectivity index (χ1) is 9.09. The number of carbonyl (C=O) groups excluding carboxylic acids is 1. The van der Waals surface area contributed by atoms with E-state index in [0.29, 0.717) is 11.7 Å². The highest BCUT2D eigenvalue weighted by molar-refractivity contribution is 9.10. The molecular formula is C12H11BrN4O2. The molecule has 7 heteroatoms. The van der Waals surface area contributed by atoms with Gasteiger partial charge in [-0.1, -0.05) is 21.1 Å². The number of hydrogen-bond acceptors (Lipinski definition) is 4. The summed E-state index contributed by atoms with van der Waals surface area (Å²) in [5, 5.41) is 6.59. The monoisotopic (exact) mass is 322 g/mol. The molecule has 1 aliphatic carbocycles. The van der Waals surface area contributed by atoms with Gasteiger partial charge in [-0.15, -0.1) is 0 Å². The van der Waals surface area contributed by atoms with Crippen LogP contribution in [0.1, 0.15) is 18.7 Å². The van der Waals surface area contributed by atoms with Crippen molar-refractivity contribution in [3.8, 4) is 11.4 Å². The molecule has 6 nitrogen and oxygen atoms in total. The molecule has 2 amide bonds. The lowest BCUT2D eigenvalue weighted by molar-refractivity contribution is 0.238. The zero-order valence-corrected chi connectivity index (χ0v) is 11.5. The van der Waals surface area contributed by atoms with Gasteiger partial charge in [-0.3, -0.25) is 0 Å². The molecule has 1 aliphatic rings. The Morgan fingerprint density at radius 1 is 1.37 bits per heavy atom. The Morgan fingerprint density at radius 2 is 2.05 bits per heavy atom. The standard InChI is InChI=1S/C12H11BrN4O2/c13-8-3-1-7(2-4-8)9-15-10(19-17-9)12(5-6-12)16-11(14)18/h1-4H,5-6H2,(H3,14,16,18). The first-order valence-electron chi connectivity index (χ1n) is 5.77. The fraction of sp³-hybridized carbons (Fsp3) is 0.250. The Labute approximate surface area is 117 Å². The van der Waals surface area contributed by atoms with Crippen LogP contribution in [-0.4, -0.2) is 16.2 Å². The van der Waals surface area contributed by atoms with Crippen LogP contribution in [0.15, 0.2) is 33.3 Å². The summed E-state index contributed by atoms with van der Waals surface area (Å²) in [5.74, 6) is 0.907. The van der Waals surface area contributed by atoms with Gasteiger partial charge in [0.2, 0.25) is 5.82 Å². The molecule has 0 spiro atoms. The maximum atomic E-state index is 11.0. The van der Waals surface area contributed by atoms with Crippen molar-refractivity contribution < 1.29 is 9.32 Å². The molecule has 0 aliphatic heterocycles. The first-order valence-corrected chi connectivity index (χ1v) is 6.56. The minimum absolute atomic E-state index is 0.407. The molecule has 19 heavy (non-hydrogen) atoms. The van der Waals surface area contributed by atoms with E-state index in [4.69, 9.17) is 10.3 Å². The molecule has 0 radical (unpaired) electrons. The number of halogens is 1. The van der Waals surface area contributed by atoms with Crippen LogP contribution in [0, 0.1) is 0 Å². The second-order valence-corrected chi connectivity index (χ2v) is 5.42. The third-order valence-corrected chi connectivity index (χ3v) is 3.58. The van der Waals surface area contributed by atoms with Crippen LogP contribution in [0.4, 0.5) is 4.79 Å². The maximum absolute atomic E-state index is 11.0.